The average Bonchev–Trinajstić information content (AvgIpc) is 3.20. The van der Waals surface area contributed by atoms with Gasteiger partial charge in [-0.25, -0.2) is 9.59 Å². The molecule has 0 atom stereocenters. The highest BCUT2D eigenvalue weighted by atomic mass is 16.5. The Bertz CT molecular complexity index is 1110. The number of benzene rings is 2. The van der Waals surface area contributed by atoms with E-state index in [1.54, 1.807) is 42.5 Å². The van der Waals surface area contributed by atoms with Crippen molar-refractivity contribution < 1.29 is 29.0 Å². The number of carboxylic acids is 1. The van der Waals surface area contributed by atoms with Crippen molar-refractivity contribution in [1.29, 1.82) is 0 Å². The molecule has 0 saturated heterocycles. The summed E-state index contributed by atoms with van der Waals surface area (Å²) >= 11 is 0. The number of carboxylic acid groups (broad SMARTS) is 1. The van der Waals surface area contributed by atoms with Crippen LogP contribution in [0.1, 0.15) is 20.8 Å². The lowest BCUT2D eigenvalue weighted by Crippen LogP contribution is -2.19. The minimum absolute atomic E-state index is 0.00990. The molecule has 2 aromatic carbocycles. The Morgan fingerprint density at radius 3 is 2.13 bits per heavy atom. The minimum atomic E-state index is -1.20. The van der Waals surface area contributed by atoms with Gasteiger partial charge >= 0.3 is 12.0 Å². The molecule has 0 unspecified atom stereocenters. The lowest BCUT2D eigenvalue weighted by molar-refractivity contribution is 0.0697. The first-order valence-electron chi connectivity index (χ1n) is 8.99. The molecule has 0 fully saturated rings. The molecule has 0 spiro atoms. The van der Waals surface area contributed by atoms with E-state index in [4.69, 9.17) is 15.2 Å². The molecule has 31 heavy (non-hydrogen) atoms. The molecule has 3 aromatic rings. The quantitative estimate of drug-likeness (QED) is 0.392. The van der Waals surface area contributed by atoms with Gasteiger partial charge in [-0.2, -0.15) is 0 Å². The summed E-state index contributed by atoms with van der Waals surface area (Å²) in [6, 6.07) is 10.8. The second kappa shape index (κ2) is 8.91. The summed E-state index contributed by atoms with van der Waals surface area (Å²) in [5, 5.41) is 14.7. The van der Waals surface area contributed by atoms with E-state index < -0.39 is 17.9 Å². The normalized spacial score (nSPS) is 10.3. The number of nitrogens with one attached hydrogen (secondary N) is 3. The number of ether oxygens (including phenoxy) is 2. The van der Waals surface area contributed by atoms with E-state index in [2.05, 4.69) is 15.6 Å². The third kappa shape index (κ3) is 4.58. The SMILES string of the molecule is COc1ccc(NC(=O)Nc2ccc(-c3c(C(=O)O)c[nH]c3C(N)=O)cc2)cc1OC. The predicted molar refractivity (Wildman–Crippen MR) is 114 cm³/mol. The Labute approximate surface area is 177 Å². The molecule has 3 rings (SSSR count). The van der Waals surface area contributed by atoms with Gasteiger partial charge in [0.2, 0.25) is 0 Å². The monoisotopic (exact) mass is 424 g/mol. The lowest BCUT2D eigenvalue weighted by Gasteiger charge is -2.12. The third-order valence-electron chi connectivity index (χ3n) is 4.43. The zero-order valence-corrected chi connectivity index (χ0v) is 16.7. The van der Waals surface area contributed by atoms with Gasteiger partial charge in [0.1, 0.15) is 5.69 Å². The minimum Gasteiger partial charge on any atom is -0.493 e. The van der Waals surface area contributed by atoms with Gasteiger partial charge < -0.3 is 35.9 Å². The first-order valence-corrected chi connectivity index (χ1v) is 8.99. The molecule has 0 aliphatic heterocycles. The van der Waals surface area contributed by atoms with Gasteiger partial charge in [-0.05, 0) is 29.8 Å². The van der Waals surface area contributed by atoms with Gasteiger partial charge in [-0.1, -0.05) is 12.1 Å². The maximum absolute atomic E-state index is 12.3. The maximum atomic E-state index is 12.3. The highest BCUT2D eigenvalue weighted by molar-refractivity contribution is 6.06. The first kappa shape index (κ1) is 21.2. The Hall–Kier alpha value is -4.47. The van der Waals surface area contributed by atoms with Gasteiger partial charge in [0.05, 0.1) is 19.8 Å². The van der Waals surface area contributed by atoms with Crippen LogP contribution in [0.15, 0.2) is 48.7 Å². The van der Waals surface area contributed by atoms with Crippen molar-refractivity contribution in [3.05, 3.63) is 59.9 Å². The van der Waals surface area contributed by atoms with Crippen LogP contribution in [-0.4, -0.2) is 42.2 Å². The van der Waals surface area contributed by atoms with Crippen LogP contribution >= 0.6 is 0 Å². The molecule has 10 heteroatoms. The Balaban J connectivity index is 1.76. The number of primary amides is 1. The molecule has 1 heterocycles. The van der Waals surface area contributed by atoms with Crippen LogP contribution < -0.4 is 25.8 Å². The van der Waals surface area contributed by atoms with Crippen molar-refractivity contribution in [3.63, 3.8) is 0 Å². The Morgan fingerprint density at radius 2 is 1.55 bits per heavy atom. The summed E-state index contributed by atoms with van der Waals surface area (Å²) in [7, 11) is 3.01. The second-order valence-electron chi connectivity index (χ2n) is 6.35. The smallest absolute Gasteiger partial charge is 0.337 e. The fraction of sp³-hybridized carbons (Fsp3) is 0.0952. The zero-order valence-electron chi connectivity index (χ0n) is 16.7. The fourth-order valence-electron chi connectivity index (χ4n) is 3.01. The number of urea groups is 1. The first-order chi connectivity index (χ1) is 14.8. The van der Waals surface area contributed by atoms with E-state index in [0.29, 0.717) is 28.4 Å². The summed E-state index contributed by atoms with van der Waals surface area (Å²) < 4.78 is 10.4. The third-order valence-corrected chi connectivity index (χ3v) is 4.43. The van der Waals surface area contributed by atoms with Crippen LogP contribution in [0.2, 0.25) is 0 Å². The van der Waals surface area contributed by atoms with Gasteiger partial charge in [0.15, 0.2) is 11.5 Å². The molecule has 0 aliphatic carbocycles. The number of anilines is 2. The van der Waals surface area contributed by atoms with Crippen molar-refractivity contribution in [2.75, 3.05) is 24.9 Å². The number of aromatic amines is 1. The highest BCUT2D eigenvalue weighted by Gasteiger charge is 2.21. The number of carbonyl (C=O) groups excluding carboxylic acids is 2. The highest BCUT2D eigenvalue weighted by Crippen LogP contribution is 2.30. The summed E-state index contributed by atoms with van der Waals surface area (Å²) in [4.78, 5) is 38.0. The average molecular weight is 424 g/mol. The van der Waals surface area contributed by atoms with E-state index in [-0.39, 0.29) is 16.8 Å². The number of aromatic nitrogens is 1. The van der Waals surface area contributed by atoms with Gasteiger partial charge in [-0.3, -0.25) is 4.79 Å². The number of methoxy groups -OCH3 is 2. The molecule has 10 nitrogen and oxygen atoms in total. The molecule has 3 amide bonds. The number of hydrogen-bond donors (Lipinski definition) is 5. The summed E-state index contributed by atoms with van der Waals surface area (Å²) in [6.07, 6.45) is 1.21. The number of hydrogen-bond acceptors (Lipinski definition) is 5. The Morgan fingerprint density at radius 1 is 0.935 bits per heavy atom. The van der Waals surface area contributed by atoms with Gasteiger partial charge in [0.25, 0.3) is 5.91 Å². The molecular formula is C21H20N4O6. The molecule has 160 valence electrons. The number of aromatic carboxylic acids is 1. The topological polar surface area (TPSA) is 156 Å². The zero-order chi connectivity index (χ0) is 22.5. The molecule has 1 aromatic heterocycles. The Kier molecular flexibility index (Phi) is 6.10. The van der Waals surface area contributed by atoms with E-state index in [1.165, 1.54) is 20.4 Å². The van der Waals surface area contributed by atoms with Crippen molar-refractivity contribution in [2.45, 2.75) is 0 Å². The van der Waals surface area contributed by atoms with Crippen molar-refractivity contribution in [1.82, 2.24) is 4.98 Å². The fourth-order valence-corrected chi connectivity index (χ4v) is 3.01. The van der Waals surface area contributed by atoms with E-state index >= 15 is 0 Å². The van der Waals surface area contributed by atoms with E-state index in [9.17, 15) is 19.5 Å². The van der Waals surface area contributed by atoms with Crippen LogP contribution in [0.4, 0.5) is 16.2 Å². The van der Waals surface area contributed by atoms with E-state index in [0.717, 1.165) is 0 Å². The number of nitrogens with two attached hydrogens (primary N) is 1. The van der Waals surface area contributed by atoms with Crippen molar-refractivity contribution in [2.24, 2.45) is 5.73 Å². The second-order valence-corrected chi connectivity index (χ2v) is 6.35. The van der Waals surface area contributed by atoms with Crippen molar-refractivity contribution >= 4 is 29.3 Å². The van der Waals surface area contributed by atoms with Crippen LogP contribution in [0.5, 0.6) is 11.5 Å². The molecule has 6 N–H and O–H groups in total. The summed E-state index contributed by atoms with van der Waals surface area (Å²) in [5.74, 6) is -0.977. The number of amides is 3. The van der Waals surface area contributed by atoms with Crippen LogP contribution in [0, 0.1) is 0 Å². The largest absolute Gasteiger partial charge is 0.493 e. The molecule has 0 bridgehead atoms. The molecule has 0 aliphatic rings. The summed E-state index contributed by atoms with van der Waals surface area (Å²) in [6.45, 7) is 0. The van der Waals surface area contributed by atoms with Crippen molar-refractivity contribution in [3.8, 4) is 22.6 Å². The standard InChI is InChI=1S/C21H20N4O6/c1-30-15-8-7-13(9-16(15)31-2)25-21(29)24-12-5-3-11(4-6-12)17-14(20(27)28)10-23-18(17)19(22)26/h3-10,23H,1-2H3,(H2,22,26)(H,27,28)(H2,24,25,29). The molecular weight excluding hydrogens is 404 g/mol. The molecule has 0 radical (unpaired) electrons. The molecule has 0 saturated carbocycles. The van der Waals surface area contributed by atoms with Crippen LogP contribution in [-0.2, 0) is 0 Å². The summed E-state index contributed by atoms with van der Waals surface area (Å²) in [5.41, 5.74) is 6.82. The number of rotatable bonds is 7. The van der Waals surface area contributed by atoms with Gasteiger partial charge in [-0.15, -0.1) is 0 Å². The number of H-pyrrole nitrogens is 1. The van der Waals surface area contributed by atoms with Crippen LogP contribution in [0.3, 0.4) is 0 Å². The predicted octanol–water partition coefficient (Wildman–Crippen LogP) is 3.14. The van der Waals surface area contributed by atoms with E-state index in [1.807, 2.05) is 0 Å². The lowest BCUT2D eigenvalue weighted by atomic mass is 10.0. The van der Waals surface area contributed by atoms with Gasteiger partial charge in [0, 0.05) is 29.2 Å². The number of carbonyl (C=O) groups is 3. The van der Waals surface area contributed by atoms with Crippen LogP contribution in [0.25, 0.3) is 11.1 Å². The maximum Gasteiger partial charge on any atom is 0.337 e.